The van der Waals surface area contributed by atoms with Gasteiger partial charge in [0, 0.05) is 17.9 Å². The first-order chi connectivity index (χ1) is 8.22. The van der Waals surface area contributed by atoms with Crippen molar-refractivity contribution in [1.29, 1.82) is 0 Å². The molecule has 1 aliphatic rings. The maximum atomic E-state index is 6.75. The quantitative estimate of drug-likeness (QED) is 0.508. The molecule has 2 rings (SSSR count). The Labute approximate surface area is 213 Å². The van der Waals surface area contributed by atoms with E-state index < -0.39 is 0 Å². The van der Waals surface area contributed by atoms with Gasteiger partial charge >= 0.3 is 116 Å². The van der Waals surface area contributed by atoms with Crippen LogP contribution in [0.3, 0.4) is 0 Å². The van der Waals surface area contributed by atoms with Gasteiger partial charge in [-0.15, -0.1) is 0 Å². The zero-order valence-electron chi connectivity index (χ0n) is 12.2. The Balaban J connectivity index is 0. The van der Waals surface area contributed by atoms with Gasteiger partial charge in [-0.05, 0) is 26.2 Å². The molecule has 0 radical (unpaired) electrons. The van der Waals surface area contributed by atoms with Crippen LogP contribution < -0.4 is 122 Å². The molecule has 1 aromatic rings. The van der Waals surface area contributed by atoms with Crippen LogP contribution in [0.1, 0.15) is 38.5 Å². The Morgan fingerprint density at radius 1 is 1.00 bits per heavy atom. The summed E-state index contributed by atoms with van der Waals surface area (Å²) in [5, 5.41) is 3.34. The molecule has 8 heteroatoms. The van der Waals surface area contributed by atoms with Crippen molar-refractivity contribution in [2.75, 3.05) is 7.05 Å². The Morgan fingerprint density at radius 3 is 1.79 bits per heavy atom. The molecule has 0 saturated heterocycles. The van der Waals surface area contributed by atoms with E-state index in [4.69, 9.17) is 11.5 Å². The average Bonchev–Trinajstić information content (AvgIpc) is 2.57. The standard InChI is InChI=1S/C8H17N.C3H3N5.2Rb/c1-9-8-6-4-2-3-5-7-8;4-2-6-1-7-3(5)8-2;;/h8-9H,2-7H2,1H3;1H,(H2-2,4,5,6,7,8);;/q;-2;2*+1. The van der Waals surface area contributed by atoms with Crippen LogP contribution >= 0.6 is 0 Å². The zero-order valence-corrected chi connectivity index (χ0v) is 22.1. The van der Waals surface area contributed by atoms with Gasteiger partial charge in [-0.2, -0.15) is 0 Å². The Hall–Kier alpha value is 2.18. The van der Waals surface area contributed by atoms with Gasteiger partial charge in [0.15, 0.2) is 0 Å². The number of hydrogen-bond acceptors (Lipinski definition) is 4. The minimum Gasteiger partial charge on any atom is -0.410 e. The molecule has 19 heavy (non-hydrogen) atoms. The Bertz CT molecular complexity index is 301. The van der Waals surface area contributed by atoms with Crippen LogP contribution in [-0.2, 0) is 0 Å². The maximum absolute atomic E-state index is 6.75. The summed E-state index contributed by atoms with van der Waals surface area (Å²) in [5.41, 5.74) is 13.5. The van der Waals surface area contributed by atoms with Crippen LogP contribution in [0.25, 0.3) is 11.5 Å². The van der Waals surface area contributed by atoms with Crippen molar-refractivity contribution in [1.82, 2.24) is 20.3 Å². The molecule has 0 atom stereocenters. The minimum atomic E-state index is -0.162. The van der Waals surface area contributed by atoms with Crippen LogP contribution in [0.5, 0.6) is 0 Å². The monoisotopic (exact) mass is 406 g/mol. The Morgan fingerprint density at radius 2 is 1.47 bits per heavy atom. The average molecular weight is 407 g/mol. The molecular formula is C11H20N6Rb2. The van der Waals surface area contributed by atoms with E-state index in [9.17, 15) is 0 Å². The van der Waals surface area contributed by atoms with Crippen LogP contribution in [0.15, 0.2) is 6.33 Å². The molecule has 0 bridgehead atoms. The van der Waals surface area contributed by atoms with Gasteiger partial charge in [0.2, 0.25) is 0 Å². The summed E-state index contributed by atoms with van der Waals surface area (Å²) >= 11 is 0. The van der Waals surface area contributed by atoms with Gasteiger partial charge in [-0.3, -0.25) is 0 Å². The molecule has 1 fully saturated rings. The molecule has 6 nitrogen and oxygen atoms in total. The van der Waals surface area contributed by atoms with E-state index in [1.54, 1.807) is 0 Å². The number of nitrogens with one attached hydrogen (secondary N) is 3. The third-order valence-corrected chi connectivity index (χ3v) is 2.84. The van der Waals surface area contributed by atoms with E-state index in [0.717, 1.165) is 12.4 Å². The molecule has 1 aliphatic carbocycles. The van der Waals surface area contributed by atoms with Crippen molar-refractivity contribution in [2.45, 2.75) is 44.6 Å². The predicted octanol–water partition coefficient (Wildman–Crippen LogP) is -2.82. The van der Waals surface area contributed by atoms with Crippen molar-refractivity contribution < 1.29 is 116 Å². The predicted molar refractivity (Wildman–Crippen MR) is 68.3 cm³/mol. The van der Waals surface area contributed by atoms with Gasteiger partial charge in [0.1, 0.15) is 0 Å². The third kappa shape index (κ3) is 12.4. The summed E-state index contributed by atoms with van der Waals surface area (Å²) in [5.74, 6) is -0.324. The molecule has 3 N–H and O–H groups in total. The normalized spacial score (nSPS) is 15.0. The fourth-order valence-electron chi connectivity index (χ4n) is 1.86. The number of hydrogen-bond donors (Lipinski definition) is 1. The number of nitrogens with zero attached hydrogens (tertiary/aromatic N) is 3. The molecule has 0 unspecified atom stereocenters. The molecule has 0 aliphatic heterocycles. The van der Waals surface area contributed by atoms with Crippen LogP contribution in [0.4, 0.5) is 11.9 Å². The van der Waals surface area contributed by atoms with Gasteiger partial charge in [-0.1, -0.05) is 25.7 Å². The van der Waals surface area contributed by atoms with Crippen molar-refractivity contribution in [2.24, 2.45) is 0 Å². The summed E-state index contributed by atoms with van der Waals surface area (Å²) in [7, 11) is 2.08. The van der Waals surface area contributed by atoms with Crippen LogP contribution in [0, 0.1) is 0 Å². The molecule has 1 saturated carbocycles. The van der Waals surface area contributed by atoms with Gasteiger partial charge < -0.3 is 31.7 Å². The summed E-state index contributed by atoms with van der Waals surface area (Å²) in [6.45, 7) is 0. The molecular weight excluding hydrogens is 387 g/mol. The fourth-order valence-corrected chi connectivity index (χ4v) is 1.86. The third-order valence-electron chi connectivity index (χ3n) is 2.84. The number of rotatable bonds is 1. The summed E-state index contributed by atoms with van der Waals surface area (Å²) in [6, 6.07) is 0.826. The second-order valence-electron chi connectivity index (χ2n) is 4.11. The molecule has 0 aromatic carbocycles. The zero-order chi connectivity index (χ0) is 12.5. The van der Waals surface area contributed by atoms with Gasteiger partial charge in [-0.25, -0.2) is 0 Å². The summed E-state index contributed by atoms with van der Waals surface area (Å²) < 4.78 is 0. The first-order valence-electron chi connectivity index (χ1n) is 6.02. The van der Waals surface area contributed by atoms with Crippen molar-refractivity contribution >= 4 is 11.9 Å². The fraction of sp³-hybridized carbons (Fsp3) is 0.727. The molecule has 1 heterocycles. The van der Waals surface area contributed by atoms with E-state index in [0.29, 0.717) is 0 Å². The largest absolute Gasteiger partial charge is 1.00 e. The van der Waals surface area contributed by atoms with E-state index in [-0.39, 0.29) is 128 Å². The van der Waals surface area contributed by atoms with Crippen molar-refractivity contribution in [3.05, 3.63) is 17.8 Å². The second kappa shape index (κ2) is 15.1. The summed E-state index contributed by atoms with van der Waals surface area (Å²) in [6.07, 6.45) is 9.72. The second-order valence-corrected chi connectivity index (χ2v) is 4.11. The smallest absolute Gasteiger partial charge is 0.410 e. The van der Waals surface area contributed by atoms with E-state index in [2.05, 4.69) is 27.3 Å². The van der Waals surface area contributed by atoms with Gasteiger partial charge in [0.25, 0.3) is 0 Å². The first-order valence-corrected chi connectivity index (χ1v) is 6.02. The molecule has 0 spiro atoms. The number of aromatic nitrogens is 3. The topological polar surface area (TPSA) is 98.3 Å². The van der Waals surface area contributed by atoms with E-state index >= 15 is 0 Å². The minimum absolute atomic E-state index is 0. The van der Waals surface area contributed by atoms with Crippen molar-refractivity contribution in [3.63, 3.8) is 0 Å². The first kappa shape index (κ1) is 23.4. The molecule has 0 amide bonds. The van der Waals surface area contributed by atoms with Crippen LogP contribution in [-0.4, -0.2) is 28.0 Å². The maximum Gasteiger partial charge on any atom is 1.00 e. The van der Waals surface area contributed by atoms with Crippen molar-refractivity contribution in [3.8, 4) is 0 Å². The van der Waals surface area contributed by atoms with E-state index in [1.165, 1.54) is 38.5 Å². The SMILES string of the molecule is CNC1CCCCCC1.[NH-]c1ncnc([NH-])n1.[Rb+].[Rb+]. The van der Waals surface area contributed by atoms with Crippen LogP contribution in [0.2, 0.25) is 0 Å². The van der Waals surface area contributed by atoms with Gasteiger partial charge in [0.05, 0.1) is 0 Å². The summed E-state index contributed by atoms with van der Waals surface area (Å²) in [4.78, 5) is 10.0. The molecule has 96 valence electrons. The van der Waals surface area contributed by atoms with E-state index in [1.807, 2.05) is 0 Å². The Kier molecular flexibility index (Phi) is 18.6. The molecule has 1 aromatic heterocycles.